The molecule has 1 N–H and O–H groups in total. The molecule has 0 atom stereocenters. The lowest BCUT2D eigenvalue weighted by molar-refractivity contribution is -0.141. The highest BCUT2D eigenvalue weighted by atomic mass is 19.4. The van der Waals surface area contributed by atoms with Crippen molar-refractivity contribution in [1.82, 2.24) is 24.7 Å². The molecule has 3 heterocycles. The molecule has 4 aromatic rings. The number of alkyl halides is 3. The number of nitrogens with zero attached hydrogens (tertiary/aromatic N) is 5. The number of carbonyl (C=O) groups is 1. The lowest BCUT2D eigenvalue weighted by atomic mass is 10.1. The van der Waals surface area contributed by atoms with E-state index in [0.29, 0.717) is 33.8 Å². The maximum absolute atomic E-state index is 13.0. The predicted octanol–water partition coefficient (Wildman–Crippen LogP) is 5.34. The molecule has 0 saturated heterocycles. The lowest BCUT2D eigenvalue weighted by Crippen LogP contribution is -2.16. The molecule has 0 bridgehead atoms. The Labute approximate surface area is 188 Å². The monoisotopic (exact) mass is 456 g/mol. The van der Waals surface area contributed by atoms with Gasteiger partial charge in [-0.25, -0.2) is 15.0 Å². The summed E-state index contributed by atoms with van der Waals surface area (Å²) < 4.78 is 40.4. The average molecular weight is 456 g/mol. The summed E-state index contributed by atoms with van der Waals surface area (Å²) in [5.41, 5.74) is 2.29. The van der Waals surface area contributed by atoms with Gasteiger partial charge < -0.3 is 5.32 Å². The van der Waals surface area contributed by atoms with Gasteiger partial charge in [0, 0.05) is 24.5 Å². The summed E-state index contributed by atoms with van der Waals surface area (Å²) in [4.78, 5) is 24.6. The van der Waals surface area contributed by atoms with Gasteiger partial charge in [-0.3, -0.25) is 9.48 Å². The van der Waals surface area contributed by atoms with Crippen molar-refractivity contribution in [1.29, 1.82) is 0 Å². The number of anilines is 1. The normalized spacial score (nSPS) is 11.2. The van der Waals surface area contributed by atoms with Crippen LogP contribution in [0.15, 0.2) is 42.7 Å². The van der Waals surface area contributed by atoms with Gasteiger partial charge >= 0.3 is 6.18 Å². The minimum Gasteiger partial charge on any atom is -0.320 e. The maximum Gasteiger partial charge on any atom is 0.433 e. The minimum atomic E-state index is -4.54. The third-order valence-corrected chi connectivity index (χ3v) is 4.81. The molecule has 33 heavy (non-hydrogen) atoms. The topological polar surface area (TPSA) is 85.6 Å². The third-order valence-electron chi connectivity index (χ3n) is 4.81. The zero-order valence-electron chi connectivity index (χ0n) is 18.8. The molecule has 10 heteroatoms. The molecule has 0 radical (unpaired) electrons. The molecule has 0 aliphatic rings. The van der Waals surface area contributed by atoms with Crippen LogP contribution in [-0.4, -0.2) is 30.6 Å². The van der Waals surface area contributed by atoms with Crippen LogP contribution in [-0.2, 0) is 13.2 Å². The number of pyridine rings is 1. The number of amides is 1. The zero-order chi connectivity index (χ0) is 24.3. The molecule has 172 valence electrons. The van der Waals surface area contributed by atoms with Crippen LogP contribution < -0.4 is 5.32 Å². The van der Waals surface area contributed by atoms with E-state index in [-0.39, 0.29) is 11.4 Å². The van der Waals surface area contributed by atoms with Crippen molar-refractivity contribution >= 4 is 22.6 Å². The molecule has 3 aromatic heterocycles. The highest BCUT2D eigenvalue weighted by Gasteiger charge is 2.33. The van der Waals surface area contributed by atoms with Crippen LogP contribution in [0.4, 0.5) is 18.9 Å². The Hall–Kier alpha value is -3.82. The first-order chi connectivity index (χ1) is 15.6. The van der Waals surface area contributed by atoms with Gasteiger partial charge in [0.2, 0.25) is 0 Å². The van der Waals surface area contributed by atoms with E-state index in [0.717, 1.165) is 11.6 Å². The van der Waals surface area contributed by atoms with E-state index in [4.69, 9.17) is 0 Å². The largest absolute Gasteiger partial charge is 0.433 e. The van der Waals surface area contributed by atoms with Crippen molar-refractivity contribution in [2.24, 2.45) is 7.05 Å². The van der Waals surface area contributed by atoms with E-state index in [1.807, 2.05) is 20.8 Å². The van der Waals surface area contributed by atoms with Gasteiger partial charge in [0.15, 0.2) is 5.82 Å². The summed E-state index contributed by atoms with van der Waals surface area (Å²) in [5.74, 6) is 0.0599. The first-order valence-electron chi connectivity index (χ1n) is 10.3. The van der Waals surface area contributed by atoms with Crippen molar-refractivity contribution in [3.8, 4) is 11.4 Å². The Morgan fingerprint density at radius 3 is 2.36 bits per heavy atom. The van der Waals surface area contributed by atoms with Crippen molar-refractivity contribution in [3.63, 3.8) is 0 Å². The molecular weight excluding hydrogens is 433 g/mol. The number of rotatable bonds is 3. The first-order valence-corrected chi connectivity index (χ1v) is 10.3. The summed E-state index contributed by atoms with van der Waals surface area (Å²) in [7, 11) is 1.68. The van der Waals surface area contributed by atoms with E-state index in [2.05, 4.69) is 25.4 Å². The number of benzene rings is 1. The van der Waals surface area contributed by atoms with E-state index >= 15 is 0 Å². The van der Waals surface area contributed by atoms with E-state index in [1.165, 1.54) is 17.1 Å². The van der Waals surface area contributed by atoms with Gasteiger partial charge in [-0.05, 0) is 55.3 Å². The number of fused-ring (bicyclic) bond motifs is 1. The Kier molecular flexibility index (Phi) is 6.75. The van der Waals surface area contributed by atoms with Crippen LogP contribution >= 0.6 is 0 Å². The SMILES string of the molecule is CC.Cc1cc(-c2ncc3nc(C(F)(F)F)cc(C)c3n2)ccc1NC(=O)c1ccnn1C. The van der Waals surface area contributed by atoms with Crippen LogP contribution in [0, 0.1) is 13.8 Å². The second-order valence-electron chi connectivity index (χ2n) is 7.07. The van der Waals surface area contributed by atoms with Crippen LogP contribution in [0.3, 0.4) is 0 Å². The van der Waals surface area contributed by atoms with Crippen molar-refractivity contribution < 1.29 is 18.0 Å². The highest BCUT2D eigenvalue weighted by Crippen LogP contribution is 2.31. The fourth-order valence-electron chi connectivity index (χ4n) is 3.19. The number of hydrogen-bond acceptors (Lipinski definition) is 5. The maximum atomic E-state index is 13.0. The van der Waals surface area contributed by atoms with Gasteiger partial charge in [-0.15, -0.1) is 0 Å². The summed E-state index contributed by atoms with van der Waals surface area (Å²) in [6, 6.07) is 7.85. The smallest absolute Gasteiger partial charge is 0.320 e. The van der Waals surface area contributed by atoms with Crippen molar-refractivity contribution in [2.45, 2.75) is 33.9 Å². The molecule has 0 saturated carbocycles. The van der Waals surface area contributed by atoms with Crippen molar-refractivity contribution in [2.75, 3.05) is 5.32 Å². The highest BCUT2D eigenvalue weighted by molar-refractivity contribution is 6.03. The van der Waals surface area contributed by atoms with Gasteiger partial charge in [0.05, 0.1) is 11.7 Å². The number of carbonyl (C=O) groups excluding carboxylic acids is 1. The van der Waals surface area contributed by atoms with Gasteiger partial charge in [-0.2, -0.15) is 18.3 Å². The summed E-state index contributed by atoms with van der Waals surface area (Å²) in [6.07, 6.45) is -1.71. The number of aromatic nitrogens is 5. The molecular formula is C23H23F3N6O. The molecule has 0 aliphatic heterocycles. The Morgan fingerprint density at radius 2 is 1.76 bits per heavy atom. The Balaban J connectivity index is 0.00000149. The standard InChI is InChI=1S/C21H17F3N6O.C2H6/c1-11-8-13(4-5-14(11)28-20(31)16-6-7-26-30(16)3)19-25-10-15-18(29-19)12(2)9-17(27-15)21(22,23)24;1-2/h4-10H,1-3H3,(H,28,31);1-2H3. The average Bonchev–Trinajstić information content (AvgIpc) is 3.21. The van der Waals surface area contributed by atoms with Crippen LogP contribution in [0.1, 0.15) is 41.2 Å². The second kappa shape index (κ2) is 9.35. The summed E-state index contributed by atoms with van der Waals surface area (Å²) >= 11 is 0. The number of aryl methyl sites for hydroxylation is 3. The first kappa shape index (κ1) is 23.8. The summed E-state index contributed by atoms with van der Waals surface area (Å²) in [5, 5.41) is 6.81. The third kappa shape index (κ3) is 5.00. The molecule has 0 fully saturated rings. The van der Waals surface area contributed by atoms with Gasteiger partial charge in [0.25, 0.3) is 5.91 Å². The molecule has 0 aliphatic carbocycles. The minimum absolute atomic E-state index is 0.0767. The van der Waals surface area contributed by atoms with E-state index in [1.54, 1.807) is 38.2 Å². The Bertz CT molecular complexity index is 1310. The van der Waals surface area contributed by atoms with Crippen LogP contribution in [0.2, 0.25) is 0 Å². The van der Waals surface area contributed by atoms with Gasteiger partial charge in [0.1, 0.15) is 16.9 Å². The quantitative estimate of drug-likeness (QED) is 0.450. The number of nitrogens with one attached hydrogen (secondary N) is 1. The van der Waals surface area contributed by atoms with Crippen molar-refractivity contribution in [3.05, 3.63) is 65.2 Å². The van der Waals surface area contributed by atoms with Crippen LogP contribution in [0.5, 0.6) is 0 Å². The molecule has 7 nitrogen and oxygen atoms in total. The number of halogens is 3. The summed E-state index contributed by atoms with van der Waals surface area (Å²) in [6.45, 7) is 7.38. The molecule has 1 amide bonds. The fourth-order valence-corrected chi connectivity index (χ4v) is 3.19. The number of hydrogen-bond donors (Lipinski definition) is 1. The molecule has 0 unspecified atom stereocenters. The van der Waals surface area contributed by atoms with Crippen LogP contribution in [0.25, 0.3) is 22.4 Å². The predicted molar refractivity (Wildman–Crippen MR) is 120 cm³/mol. The van der Waals surface area contributed by atoms with E-state index < -0.39 is 11.9 Å². The Morgan fingerprint density at radius 1 is 1.03 bits per heavy atom. The zero-order valence-corrected chi connectivity index (χ0v) is 18.8. The van der Waals surface area contributed by atoms with E-state index in [9.17, 15) is 18.0 Å². The fraction of sp³-hybridized carbons (Fsp3) is 0.261. The molecule has 4 rings (SSSR count). The molecule has 1 aromatic carbocycles. The second-order valence-corrected chi connectivity index (χ2v) is 7.07. The van der Waals surface area contributed by atoms with Gasteiger partial charge in [-0.1, -0.05) is 13.8 Å². The lowest BCUT2D eigenvalue weighted by Gasteiger charge is -2.11. The molecule has 0 spiro atoms.